The van der Waals surface area contributed by atoms with Crippen molar-refractivity contribution in [1.29, 1.82) is 0 Å². The first-order valence-corrected chi connectivity index (χ1v) is 12.2. The van der Waals surface area contributed by atoms with Crippen LogP contribution < -0.4 is 0 Å². The van der Waals surface area contributed by atoms with Gasteiger partial charge in [-0.2, -0.15) is 0 Å². The molecule has 0 bridgehead atoms. The van der Waals surface area contributed by atoms with Crippen LogP contribution in [0.15, 0.2) is 133 Å². The van der Waals surface area contributed by atoms with E-state index in [0.29, 0.717) is 0 Å². The maximum absolute atomic E-state index is 2.41. The molecule has 0 heterocycles. The van der Waals surface area contributed by atoms with Gasteiger partial charge >= 0.3 is 0 Å². The minimum absolute atomic E-state index is 0.945. The van der Waals surface area contributed by atoms with Crippen LogP contribution in [0.3, 0.4) is 0 Å². The van der Waals surface area contributed by atoms with Crippen molar-refractivity contribution in [1.82, 2.24) is 0 Å². The predicted molar refractivity (Wildman–Crippen MR) is 149 cm³/mol. The molecular weight excluding hydrogens is 420 g/mol. The summed E-state index contributed by atoms with van der Waals surface area (Å²) in [5.74, 6) is 0. The maximum Gasteiger partial charge on any atom is -0.00130 e. The fourth-order valence-electron chi connectivity index (χ4n) is 5.62. The SMILES string of the molecule is c1ccc(C(=C2c3cc4ccccc4cc3Cc3cc4ccccc4cc32)c2ccccc2)cc1. The number of fused-ring (bicyclic) bond motifs is 4. The molecule has 6 aromatic rings. The fourth-order valence-corrected chi connectivity index (χ4v) is 5.62. The second-order valence-electron chi connectivity index (χ2n) is 9.37. The molecule has 0 fully saturated rings. The Balaban J connectivity index is 1.66. The average Bonchev–Trinajstić information content (AvgIpc) is 2.92. The molecule has 35 heavy (non-hydrogen) atoms. The largest absolute Gasteiger partial charge is 0.0622 e. The summed E-state index contributed by atoms with van der Waals surface area (Å²) in [6.07, 6.45) is 0.945. The summed E-state index contributed by atoms with van der Waals surface area (Å²) >= 11 is 0. The molecule has 7 rings (SSSR count). The molecule has 1 aliphatic rings. The van der Waals surface area contributed by atoms with Crippen LogP contribution in [0.1, 0.15) is 33.4 Å². The van der Waals surface area contributed by atoms with Gasteiger partial charge in [0, 0.05) is 0 Å². The third-order valence-corrected chi connectivity index (χ3v) is 7.24. The van der Waals surface area contributed by atoms with E-state index in [0.717, 1.165) is 6.42 Å². The van der Waals surface area contributed by atoms with Gasteiger partial charge < -0.3 is 0 Å². The fraction of sp³-hybridized carbons (Fsp3) is 0.0286. The molecule has 0 unspecified atom stereocenters. The van der Waals surface area contributed by atoms with E-state index < -0.39 is 0 Å². The highest BCUT2D eigenvalue weighted by atomic mass is 14.3. The number of hydrogen-bond donors (Lipinski definition) is 0. The highest BCUT2D eigenvalue weighted by Gasteiger charge is 2.25. The van der Waals surface area contributed by atoms with Crippen molar-refractivity contribution in [3.8, 4) is 0 Å². The summed E-state index contributed by atoms with van der Waals surface area (Å²) in [6.45, 7) is 0. The zero-order valence-corrected chi connectivity index (χ0v) is 19.4. The van der Waals surface area contributed by atoms with Crippen LogP contribution >= 0.6 is 0 Å². The smallest absolute Gasteiger partial charge is 0.00130 e. The molecule has 0 N–H and O–H groups in total. The minimum atomic E-state index is 0.945. The van der Waals surface area contributed by atoms with E-state index in [2.05, 4.69) is 133 Å². The third-order valence-electron chi connectivity index (χ3n) is 7.24. The van der Waals surface area contributed by atoms with Crippen LogP contribution in [0.25, 0.3) is 32.7 Å². The minimum Gasteiger partial charge on any atom is -0.0622 e. The van der Waals surface area contributed by atoms with Crippen LogP contribution in [0, 0.1) is 0 Å². The Hall–Kier alpha value is -4.42. The van der Waals surface area contributed by atoms with Crippen LogP contribution in [-0.2, 0) is 6.42 Å². The molecule has 6 aromatic carbocycles. The highest BCUT2D eigenvalue weighted by molar-refractivity contribution is 6.09. The first kappa shape index (κ1) is 20.0. The van der Waals surface area contributed by atoms with Gasteiger partial charge in [-0.15, -0.1) is 0 Å². The lowest BCUT2D eigenvalue weighted by molar-refractivity contribution is 1.15. The van der Waals surface area contributed by atoms with E-state index in [9.17, 15) is 0 Å². The number of hydrogen-bond acceptors (Lipinski definition) is 0. The van der Waals surface area contributed by atoms with Crippen LogP contribution in [-0.4, -0.2) is 0 Å². The summed E-state index contributed by atoms with van der Waals surface area (Å²) in [5.41, 5.74) is 10.6. The van der Waals surface area contributed by atoms with E-state index in [-0.39, 0.29) is 0 Å². The predicted octanol–water partition coefficient (Wildman–Crippen LogP) is 8.90. The molecule has 0 amide bonds. The van der Waals surface area contributed by atoms with Gasteiger partial charge in [-0.25, -0.2) is 0 Å². The van der Waals surface area contributed by atoms with Gasteiger partial charge in [0.05, 0.1) is 0 Å². The zero-order valence-electron chi connectivity index (χ0n) is 19.4. The summed E-state index contributed by atoms with van der Waals surface area (Å²) in [7, 11) is 0. The summed E-state index contributed by atoms with van der Waals surface area (Å²) in [4.78, 5) is 0. The summed E-state index contributed by atoms with van der Waals surface area (Å²) in [6, 6.07) is 48.8. The Labute approximate surface area is 205 Å². The molecule has 0 radical (unpaired) electrons. The van der Waals surface area contributed by atoms with Crippen molar-refractivity contribution in [2.24, 2.45) is 0 Å². The maximum atomic E-state index is 2.41. The Morgan fingerprint density at radius 3 is 1.20 bits per heavy atom. The zero-order chi connectivity index (χ0) is 23.2. The molecule has 1 aliphatic carbocycles. The normalized spacial score (nSPS) is 12.4. The van der Waals surface area contributed by atoms with Gasteiger partial charge in [0.2, 0.25) is 0 Å². The van der Waals surface area contributed by atoms with E-state index in [1.54, 1.807) is 0 Å². The van der Waals surface area contributed by atoms with Crippen molar-refractivity contribution in [2.45, 2.75) is 6.42 Å². The van der Waals surface area contributed by atoms with Gasteiger partial charge in [0.1, 0.15) is 0 Å². The molecule has 0 atom stereocenters. The molecule has 0 aliphatic heterocycles. The molecule has 0 saturated carbocycles. The second-order valence-corrected chi connectivity index (χ2v) is 9.37. The molecule has 0 saturated heterocycles. The molecule has 164 valence electrons. The number of benzene rings is 6. The van der Waals surface area contributed by atoms with Gasteiger partial charge in [-0.05, 0) is 84.6 Å². The quantitative estimate of drug-likeness (QED) is 0.250. The van der Waals surface area contributed by atoms with Gasteiger partial charge in [-0.3, -0.25) is 0 Å². The third kappa shape index (κ3) is 3.38. The summed E-state index contributed by atoms with van der Waals surface area (Å²) in [5, 5.41) is 5.17. The van der Waals surface area contributed by atoms with Crippen LogP contribution in [0.2, 0.25) is 0 Å². The van der Waals surface area contributed by atoms with Gasteiger partial charge in [0.25, 0.3) is 0 Å². The Kier molecular flexibility index (Phi) is 4.63. The Morgan fingerprint density at radius 1 is 0.400 bits per heavy atom. The first-order valence-electron chi connectivity index (χ1n) is 12.2. The lowest BCUT2D eigenvalue weighted by Gasteiger charge is -2.27. The van der Waals surface area contributed by atoms with Crippen molar-refractivity contribution in [3.05, 3.63) is 167 Å². The van der Waals surface area contributed by atoms with Crippen molar-refractivity contribution in [3.63, 3.8) is 0 Å². The van der Waals surface area contributed by atoms with Crippen LogP contribution in [0.5, 0.6) is 0 Å². The van der Waals surface area contributed by atoms with E-state index in [1.165, 1.54) is 66.1 Å². The molecular formula is C35H24. The highest BCUT2D eigenvalue weighted by Crippen LogP contribution is 2.45. The van der Waals surface area contributed by atoms with Crippen molar-refractivity contribution < 1.29 is 0 Å². The van der Waals surface area contributed by atoms with Crippen molar-refractivity contribution in [2.75, 3.05) is 0 Å². The average molecular weight is 445 g/mol. The van der Waals surface area contributed by atoms with Gasteiger partial charge in [0.15, 0.2) is 0 Å². The Bertz CT molecular complexity index is 1610. The molecule has 0 nitrogen and oxygen atoms in total. The van der Waals surface area contributed by atoms with E-state index in [1.807, 2.05) is 0 Å². The lowest BCUT2D eigenvalue weighted by Crippen LogP contribution is -2.09. The van der Waals surface area contributed by atoms with Crippen molar-refractivity contribution >= 4 is 32.7 Å². The topological polar surface area (TPSA) is 0 Å². The second kappa shape index (κ2) is 8.11. The number of rotatable bonds is 2. The lowest BCUT2D eigenvalue weighted by atomic mass is 9.76. The molecule has 0 heteroatoms. The van der Waals surface area contributed by atoms with E-state index in [4.69, 9.17) is 0 Å². The Morgan fingerprint density at radius 2 is 0.771 bits per heavy atom. The van der Waals surface area contributed by atoms with Crippen LogP contribution in [0.4, 0.5) is 0 Å². The molecule has 0 spiro atoms. The van der Waals surface area contributed by atoms with E-state index >= 15 is 0 Å². The summed E-state index contributed by atoms with van der Waals surface area (Å²) < 4.78 is 0. The standard InChI is InChI=1S/C35H24/c1-3-11-24(12-4-1)34(25-13-5-2-6-14-25)35-32-22-28-17-9-7-15-26(28)19-30(32)21-31-20-27-16-8-10-18-29(27)23-33(31)35/h1-20,22-23H,21H2. The van der Waals surface area contributed by atoms with Gasteiger partial charge in [-0.1, -0.05) is 121 Å². The first-order chi connectivity index (χ1) is 17.3. The molecule has 0 aromatic heterocycles. The monoisotopic (exact) mass is 444 g/mol.